The fourth-order valence-electron chi connectivity index (χ4n) is 3.52. The quantitative estimate of drug-likeness (QED) is 0.694. The van der Waals surface area contributed by atoms with Crippen LogP contribution in [0.2, 0.25) is 0 Å². The summed E-state index contributed by atoms with van der Waals surface area (Å²) in [6, 6.07) is 13.5. The zero-order chi connectivity index (χ0) is 15.5. The Morgan fingerprint density at radius 2 is 1.55 bits per heavy atom. The van der Waals surface area contributed by atoms with E-state index < -0.39 is 0 Å². The molecule has 0 aliphatic heterocycles. The summed E-state index contributed by atoms with van der Waals surface area (Å²) in [5.74, 6) is 0. The highest BCUT2D eigenvalue weighted by atomic mass is 79.9. The van der Waals surface area contributed by atoms with Crippen LogP contribution in [0.4, 0.5) is 0 Å². The van der Waals surface area contributed by atoms with Gasteiger partial charge in [0.15, 0.2) is 0 Å². The van der Waals surface area contributed by atoms with Gasteiger partial charge >= 0.3 is 0 Å². The van der Waals surface area contributed by atoms with E-state index in [1.807, 2.05) is 0 Å². The minimum absolute atomic E-state index is 0.413. The molecule has 0 amide bonds. The van der Waals surface area contributed by atoms with Gasteiger partial charge in [0.2, 0.25) is 0 Å². The van der Waals surface area contributed by atoms with Gasteiger partial charge in [-0.25, -0.2) is 0 Å². The minimum atomic E-state index is 0.413. The molecule has 1 aromatic heterocycles. The summed E-state index contributed by atoms with van der Waals surface area (Å²) in [7, 11) is 0. The summed E-state index contributed by atoms with van der Waals surface area (Å²) in [5.41, 5.74) is 4.02. The predicted octanol–water partition coefficient (Wildman–Crippen LogP) is 5.57. The van der Waals surface area contributed by atoms with Crippen molar-refractivity contribution in [3.05, 3.63) is 57.8 Å². The average molecular weight is 362 g/mol. The zero-order valence-corrected chi connectivity index (χ0v) is 15.0. The highest BCUT2D eigenvalue weighted by Crippen LogP contribution is 2.32. The SMILES string of the molecule is Cc1ccc(C)n1C1CCC(OCc2ccc(Br)cc2)CC1. The predicted molar refractivity (Wildman–Crippen MR) is 94.1 cm³/mol. The smallest absolute Gasteiger partial charge is 0.0720 e. The van der Waals surface area contributed by atoms with Gasteiger partial charge in [0.25, 0.3) is 0 Å². The molecule has 0 spiro atoms. The molecule has 2 nitrogen and oxygen atoms in total. The first-order chi connectivity index (χ1) is 10.6. The Kier molecular flexibility index (Phi) is 5.04. The molecule has 1 aliphatic carbocycles. The van der Waals surface area contributed by atoms with Crippen molar-refractivity contribution < 1.29 is 4.74 Å². The second kappa shape index (κ2) is 7.01. The molecular weight excluding hydrogens is 338 g/mol. The standard InChI is InChI=1S/C19H24BrNO/c1-14-3-4-15(2)21(14)18-9-11-19(12-10-18)22-13-16-5-7-17(20)8-6-16/h3-8,18-19H,9-13H2,1-2H3. The number of benzene rings is 1. The molecule has 1 heterocycles. The number of halogens is 1. The Hall–Kier alpha value is -1.06. The first-order valence-corrected chi connectivity index (χ1v) is 8.93. The van der Waals surface area contributed by atoms with Crippen molar-refractivity contribution in [1.82, 2.24) is 4.57 Å². The molecule has 2 aromatic rings. The number of ether oxygens (including phenoxy) is 1. The molecule has 1 fully saturated rings. The monoisotopic (exact) mass is 361 g/mol. The van der Waals surface area contributed by atoms with Gasteiger partial charge in [-0.2, -0.15) is 0 Å². The molecule has 118 valence electrons. The van der Waals surface area contributed by atoms with Gasteiger partial charge in [0, 0.05) is 21.9 Å². The van der Waals surface area contributed by atoms with E-state index in [4.69, 9.17) is 4.74 Å². The molecule has 0 atom stereocenters. The van der Waals surface area contributed by atoms with Crippen molar-refractivity contribution >= 4 is 15.9 Å². The van der Waals surface area contributed by atoms with Crippen molar-refractivity contribution in [1.29, 1.82) is 0 Å². The molecule has 3 rings (SSSR count). The van der Waals surface area contributed by atoms with Gasteiger partial charge in [-0.3, -0.25) is 0 Å². The van der Waals surface area contributed by atoms with Crippen molar-refractivity contribution in [2.24, 2.45) is 0 Å². The Balaban J connectivity index is 1.51. The summed E-state index contributed by atoms with van der Waals surface area (Å²) in [5, 5.41) is 0. The van der Waals surface area contributed by atoms with E-state index in [1.165, 1.54) is 29.8 Å². The van der Waals surface area contributed by atoms with Crippen LogP contribution in [0.25, 0.3) is 0 Å². The average Bonchev–Trinajstić information content (AvgIpc) is 2.86. The van der Waals surface area contributed by atoms with E-state index in [2.05, 4.69) is 70.7 Å². The number of hydrogen-bond donors (Lipinski definition) is 0. The first-order valence-electron chi connectivity index (χ1n) is 8.14. The lowest BCUT2D eigenvalue weighted by Crippen LogP contribution is -2.24. The summed E-state index contributed by atoms with van der Waals surface area (Å²) in [6.45, 7) is 5.15. The molecule has 22 heavy (non-hydrogen) atoms. The molecule has 0 N–H and O–H groups in total. The summed E-state index contributed by atoms with van der Waals surface area (Å²) >= 11 is 3.47. The van der Waals surface area contributed by atoms with Crippen LogP contribution in [0.5, 0.6) is 0 Å². The number of rotatable bonds is 4. The molecule has 1 aliphatic rings. The Morgan fingerprint density at radius 3 is 2.14 bits per heavy atom. The normalized spacial score (nSPS) is 22.0. The maximum atomic E-state index is 6.11. The molecule has 0 radical (unpaired) electrons. The largest absolute Gasteiger partial charge is 0.374 e. The highest BCUT2D eigenvalue weighted by Gasteiger charge is 2.24. The van der Waals surface area contributed by atoms with Crippen LogP contribution in [0.3, 0.4) is 0 Å². The third-order valence-corrected chi connectivity index (χ3v) is 5.26. The molecule has 0 bridgehead atoms. The lowest BCUT2D eigenvalue weighted by Gasteiger charge is -2.31. The number of aromatic nitrogens is 1. The Bertz CT molecular complexity index is 589. The Morgan fingerprint density at radius 1 is 0.955 bits per heavy atom. The van der Waals surface area contributed by atoms with Gasteiger partial charge < -0.3 is 9.30 Å². The summed E-state index contributed by atoms with van der Waals surface area (Å²) < 4.78 is 9.74. The van der Waals surface area contributed by atoms with Gasteiger partial charge in [0.05, 0.1) is 12.7 Å². The van der Waals surface area contributed by atoms with Gasteiger partial charge in [-0.05, 0) is 69.4 Å². The Labute approximate surface area is 141 Å². The molecule has 1 saturated carbocycles. The van der Waals surface area contributed by atoms with Gasteiger partial charge in [0.1, 0.15) is 0 Å². The van der Waals surface area contributed by atoms with Crippen LogP contribution in [0.1, 0.15) is 48.7 Å². The number of aryl methyl sites for hydroxylation is 2. The van der Waals surface area contributed by atoms with E-state index in [-0.39, 0.29) is 0 Å². The highest BCUT2D eigenvalue weighted by molar-refractivity contribution is 9.10. The van der Waals surface area contributed by atoms with E-state index in [9.17, 15) is 0 Å². The van der Waals surface area contributed by atoms with Crippen LogP contribution in [0.15, 0.2) is 40.9 Å². The molecular formula is C19H24BrNO. The van der Waals surface area contributed by atoms with Crippen LogP contribution in [-0.4, -0.2) is 10.7 Å². The third kappa shape index (κ3) is 3.64. The fourth-order valence-corrected chi connectivity index (χ4v) is 3.79. The summed E-state index contributed by atoms with van der Waals surface area (Å²) in [6.07, 6.45) is 5.19. The van der Waals surface area contributed by atoms with E-state index in [0.29, 0.717) is 12.1 Å². The number of nitrogens with zero attached hydrogens (tertiary/aromatic N) is 1. The van der Waals surface area contributed by atoms with Crippen LogP contribution < -0.4 is 0 Å². The molecule has 0 saturated heterocycles. The van der Waals surface area contributed by atoms with Gasteiger partial charge in [-0.15, -0.1) is 0 Å². The first kappa shape index (κ1) is 15.8. The van der Waals surface area contributed by atoms with Gasteiger partial charge in [-0.1, -0.05) is 28.1 Å². The van der Waals surface area contributed by atoms with Crippen molar-refractivity contribution in [3.8, 4) is 0 Å². The van der Waals surface area contributed by atoms with E-state index in [1.54, 1.807) is 0 Å². The number of hydrogen-bond acceptors (Lipinski definition) is 1. The van der Waals surface area contributed by atoms with Crippen LogP contribution in [-0.2, 0) is 11.3 Å². The zero-order valence-electron chi connectivity index (χ0n) is 13.4. The van der Waals surface area contributed by atoms with Crippen molar-refractivity contribution in [2.45, 2.75) is 58.3 Å². The fraction of sp³-hybridized carbons (Fsp3) is 0.474. The van der Waals surface area contributed by atoms with Crippen molar-refractivity contribution in [2.75, 3.05) is 0 Å². The second-order valence-corrected chi connectivity index (χ2v) is 7.27. The second-order valence-electron chi connectivity index (χ2n) is 6.35. The third-order valence-electron chi connectivity index (χ3n) is 4.73. The lowest BCUT2D eigenvalue weighted by molar-refractivity contribution is 0.00816. The maximum Gasteiger partial charge on any atom is 0.0720 e. The summed E-state index contributed by atoms with van der Waals surface area (Å²) in [4.78, 5) is 0. The molecule has 3 heteroatoms. The van der Waals surface area contributed by atoms with Crippen LogP contribution in [0, 0.1) is 13.8 Å². The topological polar surface area (TPSA) is 14.2 Å². The molecule has 1 aromatic carbocycles. The van der Waals surface area contributed by atoms with E-state index >= 15 is 0 Å². The lowest BCUT2D eigenvalue weighted by atomic mass is 9.92. The maximum absolute atomic E-state index is 6.11. The van der Waals surface area contributed by atoms with E-state index in [0.717, 1.165) is 23.9 Å². The molecule has 0 unspecified atom stereocenters. The minimum Gasteiger partial charge on any atom is -0.374 e. The van der Waals surface area contributed by atoms with Crippen molar-refractivity contribution in [3.63, 3.8) is 0 Å². The van der Waals surface area contributed by atoms with Crippen LogP contribution >= 0.6 is 15.9 Å².